The third-order valence-electron chi connectivity index (χ3n) is 3.05. The van der Waals surface area contributed by atoms with Gasteiger partial charge in [0, 0.05) is 29.5 Å². The molecule has 20 heavy (non-hydrogen) atoms. The average Bonchev–Trinajstić information content (AvgIpc) is 2.82. The lowest BCUT2D eigenvalue weighted by atomic mass is 10.2. The molecule has 0 bridgehead atoms. The molecule has 1 aromatic carbocycles. The van der Waals surface area contributed by atoms with Crippen LogP contribution in [0.1, 0.15) is 19.7 Å². The Balaban J connectivity index is 1.90. The molecule has 0 saturated carbocycles. The quantitative estimate of drug-likeness (QED) is 0.728. The van der Waals surface area contributed by atoms with Crippen molar-refractivity contribution in [2.45, 2.75) is 26.5 Å². The Hall–Kier alpha value is -2.36. The van der Waals surface area contributed by atoms with Crippen LogP contribution in [0.25, 0.3) is 10.9 Å². The molecule has 3 rings (SSSR count). The third-order valence-corrected chi connectivity index (χ3v) is 3.05. The first kappa shape index (κ1) is 12.7. The van der Waals surface area contributed by atoms with E-state index in [9.17, 15) is 0 Å². The van der Waals surface area contributed by atoms with E-state index in [1.807, 2.05) is 26.0 Å². The highest BCUT2D eigenvalue weighted by Crippen LogP contribution is 2.23. The molecule has 0 radical (unpaired) electrons. The molecule has 0 saturated heterocycles. The Morgan fingerprint density at radius 1 is 1.15 bits per heavy atom. The van der Waals surface area contributed by atoms with Crippen LogP contribution < -0.4 is 4.74 Å². The molecule has 0 unspecified atom stereocenters. The van der Waals surface area contributed by atoms with Gasteiger partial charge in [0.05, 0.1) is 12.6 Å². The van der Waals surface area contributed by atoms with Gasteiger partial charge in [-0.05, 0) is 44.2 Å². The summed E-state index contributed by atoms with van der Waals surface area (Å²) in [6, 6.07) is 10.1. The maximum Gasteiger partial charge on any atom is 0.147 e. The highest BCUT2D eigenvalue weighted by molar-refractivity contribution is 5.81. The molecule has 0 aliphatic heterocycles. The zero-order valence-corrected chi connectivity index (χ0v) is 11.7. The summed E-state index contributed by atoms with van der Waals surface area (Å²) in [6.07, 6.45) is 5.78. The second-order valence-electron chi connectivity index (χ2n) is 5.00. The molecular formula is C16H17N3O. The summed E-state index contributed by atoms with van der Waals surface area (Å²) in [5, 5.41) is 1.17. The van der Waals surface area contributed by atoms with E-state index in [1.54, 1.807) is 12.4 Å². The summed E-state index contributed by atoms with van der Waals surface area (Å²) in [5.74, 6) is 1.72. The lowest BCUT2D eigenvalue weighted by Gasteiger charge is -2.10. The molecule has 0 amide bonds. The van der Waals surface area contributed by atoms with Crippen molar-refractivity contribution in [1.82, 2.24) is 14.5 Å². The van der Waals surface area contributed by atoms with E-state index < -0.39 is 0 Å². The monoisotopic (exact) mass is 267 g/mol. The van der Waals surface area contributed by atoms with Crippen molar-refractivity contribution >= 4 is 10.9 Å². The molecule has 2 aromatic heterocycles. The molecule has 0 N–H and O–H groups in total. The number of fused-ring (bicyclic) bond motifs is 1. The van der Waals surface area contributed by atoms with E-state index in [4.69, 9.17) is 4.74 Å². The van der Waals surface area contributed by atoms with Crippen LogP contribution in [0.5, 0.6) is 5.75 Å². The minimum Gasteiger partial charge on any atom is -0.491 e. The van der Waals surface area contributed by atoms with E-state index >= 15 is 0 Å². The average molecular weight is 267 g/mol. The van der Waals surface area contributed by atoms with Gasteiger partial charge in [0.1, 0.15) is 11.6 Å². The summed E-state index contributed by atoms with van der Waals surface area (Å²) in [6.45, 7) is 4.74. The standard InChI is InChI=1S/C16H17N3O/c1-12(2)20-14-4-5-15-13(10-14)6-9-19(15)11-16-17-7-3-8-18-16/h3-10,12H,11H2,1-2H3. The molecule has 0 spiro atoms. The van der Waals surface area contributed by atoms with Crippen molar-refractivity contribution < 1.29 is 4.74 Å². The van der Waals surface area contributed by atoms with Gasteiger partial charge >= 0.3 is 0 Å². The molecule has 4 heteroatoms. The fourth-order valence-electron chi connectivity index (χ4n) is 2.23. The van der Waals surface area contributed by atoms with Gasteiger partial charge < -0.3 is 9.30 Å². The molecule has 0 fully saturated rings. The van der Waals surface area contributed by atoms with E-state index in [0.717, 1.165) is 17.1 Å². The topological polar surface area (TPSA) is 39.9 Å². The van der Waals surface area contributed by atoms with Crippen molar-refractivity contribution in [3.63, 3.8) is 0 Å². The maximum atomic E-state index is 5.72. The van der Waals surface area contributed by atoms with Crippen molar-refractivity contribution in [2.75, 3.05) is 0 Å². The Bertz CT molecular complexity index is 704. The first-order valence-corrected chi connectivity index (χ1v) is 6.74. The van der Waals surface area contributed by atoms with Crippen molar-refractivity contribution in [2.24, 2.45) is 0 Å². The molecule has 102 valence electrons. The lowest BCUT2D eigenvalue weighted by molar-refractivity contribution is 0.243. The van der Waals surface area contributed by atoms with E-state index in [1.165, 1.54) is 5.39 Å². The Morgan fingerprint density at radius 2 is 1.95 bits per heavy atom. The van der Waals surface area contributed by atoms with Crippen LogP contribution >= 0.6 is 0 Å². The van der Waals surface area contributed by atoms with Gasteiger partial charge in [-0.1, -0.05) is 0 Å². The van der Waals surface area contributed by atoms with Gasteiger partial charge in [-0.2, -0.15) is 0 Å². The predicted octanol–water partition coefficient (Wildman–Crippen LogP) is 3.27. The Kier molecular flexibility index (Phi) is 3.37. The zero-order valence-electron chi connectivity index (χ0n) is 11.7. The first-order chi connectivity index (χ1) is 9.72. The molecule has 3 aromatic rings. The normalized spacial score (nSPS) is 11.2. The minimum absolute atomic E-state index is 0.187. The van der Waals surface area contributed by atoms with Crippen molar-refractivity contribution in [1.29, 1.82) is 0 Å². The number of hydrogen-bond acceptors (Lipinski definition) is 3. The number of nitrogens with zero attached hydrogens (tertiary/aromatic N) is 3. The molecule has 2 heterocycles. The van der Waals surface area contributed by atoms with E-state index in [-0.39, 0.29) is 6.10 Å². The molecule has 0 aliphatic carbocycles. The lowest BCUT2D eigenvalue weighted by Crippen LogP contribution is -2.05. The van der Waals surface area contributed by atoms with Gasteiger partial charge in [-0.15, -0.1) is 0 Å². The van der Waals surface area contributed by atoms with Crippen LogP contribution in [0.2, 0.25) is 0 Å². The summed E-state index contributed by atoms with van der Waals surface area (Å²) in [7, 11) is 0. The van der Waals surface area contributed by atoms with Gasteiger partial charge in [0.25, 0.3) is 0 Å². The highest BCUT2D eigenvalue weighted by Gasteiger charge is 2.05. The van der Waals surface area contributed by atoms with Gasteiger partial charge in [-0.25, -0.2) is 9.97 Å². The summed E-state index contributed by atoms with van der Waals surface area (Å²) < 4.78 is 7.86. The van der Waals surface area contributed by atoms with Crippen LogP contribution in [-0.2, 0) is 6.54 Å². The van der Waals surface area contributed by atoms with Gasteiger partial charge in [0.2, 0.25) is 0 Å². The zero-order chi connectivity index (χ0) is 13.9. The number of hydrogen-bond donors (Lipinski definition) is 0. The molecular weight excluding hydrogens is 250 g/mol. The summed E-state index contributed by atoms with van der Waals surface area (Å²) in [4.78, 5) is 8.52. The SMILES string of the molecule is CC(C)Oc1ccc2c(ccn2Cc2ncccn2)c1. The molecule has 0 aliphatic rings. The fourth-order valence-corrected chi connectivity index (χ4v) is 2.23. The van der Waals surface area contributed by atoms with E-state index in [0.29, 0.717) is 6.54 Å². The van der Waals surface area contributed by atoms with Crippen LogP contribution in [0.15, 0.2) is 48.9 Å². The molecule has 4 nitrogen and oxygen atoms in total. The van der Waals surface area contributed by atoms with Crippen LogP contribution in [0.4, 0.5) is 0 Å². The third kappa shape index (κ3) is 2.64. The largest absolute Gasteiger partial charge is 0.491 e. The Morgan fingerprint density at radius 3 is 2.70 bits per heavy atom. The van der Waals surface area contributed by atoms with Crippen LogP contribution in [-0.4, -0.2) is 20.6 Å². The second kappa shape index (κ2) is 5.33. The highest BCUT2D eigenvalue weighted by atomic mass is 16.5. The number of aromatic nitrogens is 3. The number of ether oxygens (including phenoxy) is 1. The van der Waals surface area contributed by atoms with Gasteiger partial charge in [-0.3, -0.25) is 0 Å². The van der Waals surface area contributed by atoms with Crippen molar-refractivity contribution in [3.8, 4) is 5.75 Å². The first-order valence-electron chi connectivity index (χ1n) is 6.74. The minimum atomic E-state index is 0.187. The molecule has 0 atom stereocenters. The van der Waals surface area contributed by atoms with Crippen LogP contribution in [0.3, 0.4) is 0 Å². The summed E-state index contributed by atoms with van der Waals surface area (Å²) >= 11 is 0. The van der Waals surface area contributed by atoms with Crippen LogP contribution in [0, 0.1) is 0 Å². The summed E-state index contributed by atoms with van der Waals surface area (Å²) in [5.41, 5.74) is 1.16. The predicted molar refractivity (Wildman–Crippen MR) is 78.8 cm³/mol. The Labute approximate surface area is 118 Å². The van der Waals surface area contributed by atoms with Gasteiger partial charge in [0.15, 0.2) is 0 Å². The number of benzene rings is 1. The second-order valence-corrected chi connectivity index (χ2v) is 5.00. The maximum absolute atomic E-state index is 5.72. The number of rotatable bonds is 4. The van der Waals surface area contributed by atoms with Crippen molar-refractivity contribution in [3.05, 3.63) is 54.7 Å². The van der Waals surface area contributed by atoms with E-state index in [2.05, 4.69) is 38.9 Å². The smallest absolute Gasteiger partial charge is 0.147 e. The fraction of sp³-hybridized carbons (Fsp3) is 0.250.